The second kappa shape index (κ2) is 4.84. The van der Waals surface area contributed by atoms with Crippen molar-refractivity contribution in [2.24, 2.45) is 11.8 Å². The van der Waals surface area contributed by atoms with Crippen molar-refractivity contribution in [1.29, 1.82) is 0 Å². The Kier molecular flexibility index (Phi) is 3.65. The average molecular weight is 287 g/mol. The van der Waals surface area contributed by atoms with E-state index in [2.05, 4.69) is 22.9 Å². The van der Waals surface area contributed by atoms with E-state index in [1.54, 1.807) is 6.07 Å². The predicted octanol–water partition coefficient (Wildman–Crippen LogP) is 3.54. The minimum atomic E-state index is -0.325. The molecular weight excluding hydrogens is 271 g/mol. The number of halogens is 2. The van der Waals surface area contributed by atoms with E-state index in [9.17, 15) is 9.50 Å². The Morgan fingerprint density at radius 2 is 2.19 bits per heavy atom. The van der Waals surface area contributed by atoms with Gasteiger partial charge in [-0.3, -0.25) is 0 Å². The van der Waals surface area contributed by atoms with E-state index in [0.29, 0.717) is 18.3 Å². The van der Waals surface area contributed by atoms with Gasteiger partial charge in [0.25, 0.3) is 0 Å². The number of aliphatic hydroxyl groups is 1. The molecule has 2 atom stereocenters. The zero-order chi connectivity index (χ0) is 11.7. The summed E-state index contributed by atoms with van der Waals surface area (Å²) in [7, 11) is 0. The Hall–Kier alpha value is -0.410. The predicted molar refractivity (Wildman–Crippen MR) is 65.7 cm³/mol. The Bertz CT molecular complexity index is 376. The summed E-state index contributed by atoms with van der Waals surface area (Å²) in [5, 5.41) is 10.1. The van der Waals surface area contributed by atoms with Gasteiger partial charge in [-0.1, -0.05) is 28.9 Å². The number of aliphatic hydroxyl groups excluding tert-OH is 1. The van der Waals surface area contributed by atoms with Crippen molar-refractivity contribution in [2.75, 3.05) is 0 Å². The molecule has 0 aromatic heterocycles. The summed E-state index contributed by atoms with van der Waals surface area (Å²) in [6.45, 7) is 2.10. The van der Waals surface area contributed by atoms with Crippen LogP contribution in [0.3, 0.4) is 0 Å². The van der Waals surface area contributed by atoms with Crippen molar-refractivity contribution in [1.82, 2.24) is 0 Å². The summed E-state index contributed by atoms with van der Waals surface area (Å²) in [6.07, 6.45) is 2.75. The Balaban J connectivity index is 2.02. The molecule has 0 amide bonds. The first-order valence-electron chi connectivity index (χ1n) is 5.70. The molecule has 0 heterocycles. The number of hydrogen-bond acceptors (Lipinski definition) is 1. The molecule has 1 aromatic carbocycles. The van der Waals surface area contributed by atoms with E-state index in [-0.39, 0.29) is 11.9 Å². The second-order valence-corrected chi connectivity index (χ2v) is 5.56. The highest BCUT2D eigenvalue weighted by molar-refractivity contribution is 9.10. The second-order valence-electron chi connectivity index (χ2n) is 4.70. The van der Waals surface area contributed by atoms with E-state index in [4.69, 9.17) is 0 Å². The van der Waals surface area contributed by atoms with E-state index >= 15 is 0 Å². The van der Waals surface area contributed by atoms with E-state index in [1.807, 2.05) is 0 Å². The van der Waals surface area contributed by atoms with Crippen LogP contribution in [0.4, 0.5) is 4.39 Å². The summed E-state index contributed by atoms with van der Waals surface area (Å²) in [5.41, 5.74) is 0.974. The van der Waals surface area contributed by atoms with E-state index in [1.165, 1.54) is 25.0 Å². The standard InChI is InChI=1S/C13H16BrFO/c1-8(9-2-3-9)13(16)6-10-4-5-11(15)7-12(10)14/h4-5,7-9,13,16H,2-3,6H2,1H3. The number of rotatable bonds is 4. The highest BCUT2D eigenvalue weighted by Crippen LogP contribution is 2.39. The summed E-state index contributed by atoms with van der Waals surface area (Å²) in [4.78, 5) is 0. The van der Waals surface area contributed by atoms with Crippen LogP contribution >= 0.6 is 15.9 Å². The molecule has 2 rings (SSSR count). The molecule has 0 aliphatic heterocycles. The van der Waals surface area contributed by atoms with Crippen molar-refractivity contribution in [3.8, 4) is 0 Å². The maximum Gasteiger partial charge on any atom is 0.124 e. The van der Waals surface area contributed by atoms with Crippen LogP contribution in [0.5, 0.6) is 0 Å². The summed E-state index contributed by atoms with van der Waals surface area (Å²) in [6, 6.07) is 4.63. The lowest BCUT2D eigenvalue weighted by atomic mass is 9.94. The fourth-order valence-electron chi connectivity index (χ4n) is 2.03. The third-order valence-corrected chi connectivity index (χ3v) is 4.15. The first-order chi connectivity index (χ1) is 7.58. The smallest absolute Gasteiger partial charge is 0.124 e. The molecule has 0 radical (unpaired) electrons. The third kappa shape index (κ3) is 2.83. The van der Waals surface area contributed by atoms with Crippen molar-refractivity contribution in [2.45, 2.75) is 32.3 Å². The molecule has 0 bridgehead atoms. The van der Waals surface area contributed by atoms with Crippen LogP contribution in [-0.4, -0.2) is 11.2 Å². The van der Waals surface area contributed by atoms with Crippen LogP contribution in [-0.2, 0) is 6.42 Å². The van der Waals surface area contributed by atoms with Crippen LogP contribution in [0.1, 0.15) is 25.3 Å². The molecule has 1 fully saturated rings. The molecule has 88 valence electrons. The molecule has 1 N–H and O–H groups in total. The van der Waals surface area contributed by atoms with E-state index in [0.717, 1.165) is 10.0 Å². The summed E-state index contributed by atoms with van der Waals surface area (Å²) < 4.78 is 13.6. The maximum atomic E-state index is 12.9. The quantitative estimate of drug-likeness (QED) is 0.898. The topological polar surface area (TPSA) is 20.2 Å². The van der Waals surface area contributed by atoms with Gasteiger partial charge in [0.1, 0.15) is 5.82 Å². The largest absolute Gasteiger partial charge is 0.392 e. The third-order valence-electron chi connectivity index (χ3n) is 3.42. The molecule has 0 spiro atoms. The first kappa shape index (κ1) is 12.1. The molecule has 1 aliphatic rings. The molecule has 16 heavy (non-hydrogen) atoms. The molecule has 1 aliphatic carbocycles. The lowest BCUT2D eigenvalue weighted by Crippen LogP contribution is -2.22. The van der Waals surface area contributed by atoms with Crippen molar-refractivity contribution in [3.63, 3.8) is 0 Å². The van der Waals surface area contributed by atoms with Crippen LogP contribution in [0.25, 0.3) is 0 Å². The van der Waals surface area contributed by atoms with Crippen LogP contribution < -0.4 is 0 Å². The average Bonchev–Trinajstić information content (AvgIpc) is 3.04. The van der Waals surface area contributed by atoms with Gasteiger partial charge in [-0.2, -0.15) is 0 Å². The van der Waals surface area contributed by atoms with Gasteiger partial charge in [-0.15, -0.1) is 0 Å². The summed E-state index contributed by atoms with van der Waals surface area (Å²) in [5.74, 6) is 0.784. The van der Waals surface area contributed by atoms with Gasteiger partial charge < -0.3 is 5.11 Å². The highest BCUT2D eigenvalue weighted by atomic mass is 79.9. The first-order valence-corrected chi connectivity index (χ1v) is 6.49. The Labute approximate surface area is 104 Å². The molecule has 2 unspecified atom stereocenters. The highest BCUT2D eigenvalue weighted by Gasteiger charge is 2.32. The fourth-order valence-corrected chi connectivity index (χ4v) is 2.55. The van der Waals surface area contributed by atoms with Crippen LogP contribution in [0.2, 0.25) is 0 Å². The van der Waals surface area contributed by atoms with Gasteiger partial charge in [0.15, 0.2) is 0 Å². The molecule has 3 heteroatoms. The van der Waals surface area contributed by atoms with Crippen LogP contribution in [0.15, 0.2) is 22.7 Å². The lowest BCUT2D eigenvalue weighted by molar-refractivity contribution is 0.105. The van der Waals surface area contributed by atoms with Crippen LogP contribution in [0, 0.1) is 17.7 Å². The van der Waals surface area contributed by atoms with Crippen molar-refractivity contribution in [3.05, 3.63) is 34.1 Å². The number of benzene rings is 1. The molecule has 1 saturated carbocycles. The maximum absolute atomic E-state index is 12.9. The van der Waals surface area contributed by atoms with Gasteiger partial charge in [0.2, 0.25) is 0 Å². The monoisotopic (exact) mass is 286 g/mol. The van der Waals surface area contributed by atoms with Gasteiger partial charge in [0.05, 0.1) is 6.10 Å². The minimum absolute atomic E-state index is 0.250. The van der Waals surface area contributed by atoms with Gasteiger partial charge in [0, 0.05) is 4.47 Å². The molecule has 1 nitrogen and oxygen atoms in total. The zero-order valence-corrected chi connectivity index (χ0v) is 10.9. The fraction of sp³-hybridized carbons (Fsp3) is 0.538. The Morgan fingerprint density at radius 3 is 2.75 bits per heavy atom. The van der Waals surface area contributed by atoms with Gasteiger partial charge in [-0.25, -0.2) is 4.39 Å². The van der Waals surface area contributed by atoms with Crippen molar-refractivity contribution < 1.29 is 9.50 Å². The lowest BCUT2D eigenvalue weighted by Gasteiger charge is -2.18. The zero-order valence-electron chi connectivity index (χ0n) is 9.29. The molecule has 0 saturated heterocycles. The van der Waals surface area contributed by atoms with Crippen molar-refractivity contribution >= 4 is 15.9 Å². The SMILES string of the molecule is CC(C(O)Cc1ccc(F)cc1Br)C1CC1. The number of hydrogen-bond donors (Lipinski definition) is 1. The van der Waals surface area contributed by atoms with Gasteiger partial charge >= 0.3 is 0 Å². The molecular formula is C13H16BrFO. The normalized spacial score (nSPS) is 19.5. The minimum Gasteiger partial charge on any atom is -0.392 e. The van der Waals surface area contributed by atoms with E-state index < -0.39 is 0 Å². The van der Waals surface area contributed by atoms with Gasteiger partial charge in [-0.05, 0) is 48.8 Å². The Morgan fingerprint density at radius 1 is 1.50 bits per heavy atom. The summed E-state index contributed by atoms with van der Waals surface area (Å²) >= 11 is 3.33. The molecule has 1 aromatic rings.